The smallest absolute Gasteiger partial charge is 0.0864 e. The molecule has 0 bridgehead atoms. The number of benzene rings is 2. The lowest BCUT2D eigenvalue weighted by Gasteiger charge is -2.34. The van der Waals surface area contributed by atoms with E-state index in [2.05, 4.69) is 53.9 Å². The molecule has 0 aliphatic heterocycles. The van der Waals surface area contributed by atoms with Crippen molar-refractivity contribution < 1.29 is 0 Å². The van der Waals surface area contributed by atoms with Gasteiger partial charge in [0.15, 0.2) is 0 Å². The Bertz CT molecular complexity index is 653. The van der Waals surface area contributed by atoms with E-state index in [1.807, 2.05) is 0 Å². The van der Waals surface area contributed by atoms with Crippen molar-refractivity contribution in [2.24, 2.45) is 0 Å². The first-order chi connectivity index (χ1) is 10.3. The molecule has 2 aromatic rings. The predicted octanol–water partition coefficient (Wildman–Crippen LogP) is 5.05. The van der Waals surface area contributed by atoms with Crippen LogP contribution in [0.1, 0.15) is 37.7 Å². The summed E-state index contributed by atoms with van der Waals surface area (Å²) in [5.41, 5.74) is 2.06. The van der Waals surface area contributed by atoms with Gasteiger partial charge < -0.3 is 4.90 Å². The fourth-order valence-electron chi connectivity index (χ4n) is 3.28. The topological polar surface area (TPSA) is 27.1 Å². The van der Waals surface area contributed by atoms with Gasteiger partial charge in [0, 0.05) is 11.7 Å². The Morgan fingerprint density at radius 2 is 1.76 bits per heavy atom. The maximum absolute atomic E-state index is 7.78. The molecule has 0 aromatic heterocycles. The summed E-state index contributed by atoms with van der Waals surface area (Å²) >= 11 is 0. The molecule has 3 rings (SSSR count). The molecule has 0 spiro atoms. The Morgan fingerprint density at radius 3 is 2.48 bits per heavy atom. The van der Waals surface area contributed by atoms with Crippen LogP contribution in [0.15, 0.2) is 49.0 Å². The molecule has 1 aliphatic rings. The van der Waals surface area contributed by atoms with E-state index < -0.39 is 0 Å². The first-order valence-electron chi connectivity index (χ1n) is 7.76. The Morgan fingerprint density at radius 1 is 1.05 bits per heavy atom. The van der Waals surface area contributed by atoms with Crippen molar-refractivity contribution in [1.82, 2.24) is 4.90 Å². The highest BCUT2D eigenvalue weighted by atomic mass is 15.2. The number of hydrogen-bond donors (Lipinski definition) is 1. The van der Waals surface area contributed by atoms with Gasteiger partial charge >= 0.3 is 0 Å². The minimum absolute atomic E-state index is 0.440. The van der Waals surface area contributed by atoms with E-state index in [-0.39, 0.29) is 0 Å². The first kappa shape index (κ1) is 13.9. The van der Waals surface area contributed by atoms with E-state index in [9.17, 15) is 0 Å². The van der Waals surface area contributed by atoms with Crippen molar-refractivity contribution in [3.8, 4) is 0 Å². The van der Waals surface area contributed by atoms with Crippen LogP contribution in [0.25, 0.3) is 16.5 Å². The van der Waals surface area contributed by atoms with Crippen LogP contribution in [0.2, 0.25) is 0 Å². The molecule has 1 N–H and O–H groups in total. The van der Waals surface area contributed by atoms with Crippen molar-refractivity contribution >= 4 is 22.8 Å². The van der Waals surface area contributed by atoms with Crippen LogP contribution in [-0.2, 0) is 0 Å². The summed E-state index contributed by atoms with van der Waals surface area (Å²) in [6, 6.07) is 15.2. The van der Waals surface area contributed by atoms with Gasteiger partial charge in [0.05, 0.1) is 6.34 Å². The lowest BCUT2D eigenvalue weighted by atomic mass is 9.93. The molecule has 0 radical (unpaired) electrons. The van der Waals surface area contributed by atoms with Gasteiger partial charge in [0.2, 0.25) is 0 Å². The van der Waals surface area contributed by atoms with Gasteiger partial charge in [-0.2, -0.15) is 0 Å². The van der Waals surface area contributed by atoms with Crippen LogP contribution < -0.4 is 0 Å². The molecule has 1 fully saturated rings. The first-order valence-corrected chi connectivity index (χ1v) is 7.76. The molecule has 1 aliphatic carbocycles. The third kappa shape index (κ3) is 2.85. The summed E-state index contributed by atoms with van der Waals surface area (Å²) in [5, 5.41) is 10.2. The summed E-state index contributed by atoms with van der Waals surface area (Å²) in [7, 11) is 0. The van der Waals surface area contributed by atoms with Crippen LogP contribution >= 0.6 is 0 Å². The summed E-state index contributed by atoms with van der Waals surface area (Å²) in [5.74, 6) is 0. The SMILES string of the molecule is C=C(c1ccc2ccccc2c1)N(C=N)C1CCCCC1. The Hall–Kier alpha value is -2.09. The number of hydrogen-bond acceptors (Lipinski definition) is 1. The van der Waals surface area contributed by atoms with Gasteiger partial charge in [-0.25, -0.2) is 0 Å². The third-order valence-corrected chi connectivity index (χ3v) is 4.50. The van der Waals surface area contributed by atoms with Crippen LogP contribution in [0.4, 0.5) is 0 Å². The van der Waals surface area contributed by atoms with Crippen LogP contribution in [0, 0.1) is 5.41 Å². The molecular weight excluding hydrogens is 256 g/mol. The van der Waals surface area contributed by atoms with E-state index in [4.69, 9.17) is 5.41 Å². The van der Waals surface area contributed by atoms with E-state index in [1.165, 1.54) is 49.2 Å². The second kappa shape index (κ2) is 6.13. The highest BCUT2D eigenvalue weighted by Gasteiger charge is 2.21. The quantitative estimate of drug-likeness (QED) is 0.614. The van der Waals surface area contributed by atoms with E-state index >= 15 is 0 Å². The standard InChI is InChI=1S/C19H22N2/c1-15(21(14-20)19-9-3-2-4-10-19)17-12-11-16-7-5-6-8-18(16)13-17/h5-8,11-14,19-20H,1-4,9-10H2. The van der Waals surface area contributed by atoms with Crippen LogP contribution in [0.5, 0.6) is 0 Å². The third-order valence-electron chi connectivity index (χ3n) is 4.50. The molecule has 0 atom stereocenters. The van der Waals surface area contributed by atoms with Crippen LogP contribution in [-0.4, -0.2) is 17.3 Å². The lowest BCUT2D eigenvalue weighted by Crippen LogP contribution is -2.33. The molecule has 1 saturated carbocycles. The molecule has 2 heteroatoms. The van der Waals surface area contributed by atoms with Gasteiger partial charge in [-0.15, -0.1) is 0 Å². The molecule has 0 unspecified atom stereocenters. The van der Waals surface area contributed by atoms with Gasteiger partial charge in [-0.05, 0) is 35.2 Å². The summed E-state index contributed by atoms with van der Waals surface area (Å²) in [6.45, 7) is 4.25. The number of nitrogens with one attached hydrogen (secondary N) is 1. The van der Waals surface area contributed by atoms with Crippen molar-refractivity contribution in [3.63, 3.8) is 0 Å². The van der Waals surface area contributed by atoms with Crippen molar-refractivity contribution in [2.45, 2.75) is 38.1 Å². The van der Waals surface area contributed by atoms with E-state index in [0.29, 0.717) is 6.04 Å². The highest BCUT2D eigenvalue weighted by Crippen LogP contribution is 2.29. The van der Waals surface area contributed by atoms with Crippen molar-refractivity contribution in [2.75, 3.05) is 0 Å². The van der Waals surface area contributed by atoms with E-state index in [1.54, 1.807) is 0 Å². The van der Waals surface area contributed by atoms with Crippen molar-refractivity contribution in [3.05, 3.63) is 54.6 Å². The molecule has 2 nitrogen and oxygen atoms in total. The largest absolute Gasteiger partial charge is 0.330 e. The van der Waals surface area contributed by atoms with Gasteiger partial charge in [0.1, 0.15) is 0 Å². The Kier molecular flexibility index (Phi) is 4.05. The number of rotatable bonds is 4. The number of nitrogens with zero attached hydrogens (tertiary/aromatic N) is 1. The zero-order chi connectivity index (χ0) is 14.7. The van der Waals surface area contributed by atoms with Crippen molar-refractivity contribution in [1.29, 1.82) is 5.41 Å². The summed E-state index contributed by atoms with van der Waals surface area (Å²) in [4.78, 5) is 2.06. The minimum atomic E-state index is 0.440. The Labute approximate surface area is 126 Å². The van der Waals surface area contributed by atoms with Gasteiger partial charge in [0.25, 0.3) is 0 Å². The normalized spacial score (nSPS) is 15.8. The lowest BCUT2D eigenvalue weighted by molar-refractivity contribution is 0.315. The van der Waals surface area contributed by atoms with E-state index in [0.717, 1.165) is 11.3 Å². The molecule has 21 heavy (non-hydrogen) atoms. The minimum Gasteiger partial charge on any atom is -0.330 e. The Balaban J connectivity index is 1.88. The molecule has 2 aromatic carbocycles. The maximum atomic E-state index is 7.78. The van der Waals surface area contributed by atoms with Crippen LogP contribution in [0.3, 0.4) is 0 Å². The molecule has 0 heterocycles. The molecule has 0 saturated heterocycles. The number of fused-ring (bicyclic) bond motifs is 1. The second-order valence-corrected chi connectivity index (χ2v) is 5.84. The summed E-state index contributed by atoms with van der Waals surface area (Å²) in [6.07, 6.45) is 7.64. The zero-order valence-corrected chi connectivity index (χ0v) is 12.4. The van der Waals surface area contributed by atoms with Gasteiger partial charge in [-0.1, -0.05) is 62.2 Å². The molecule has 108 valence electrons. The highest BCUT2D eigenvalue weighted by molar-refractivity contribution is 5.87. The average molecular weight is 278 g/mol. The average Bonchev–Trinajstić information content (AvgIpc) is 2.56. The summed E-state index contributed by atoms with van der Waals surface area (Å²) < 4.78 is 0. The molecule has 0 amide bonds. The fourth-order valence-corrected chi connectivity index (χ4v) is 3.28. The maximum Gasteiger partial charge on any atom is 0.0864 e. The zero-order valence-electron chi connectivity index (χ0n) is 12.4. The van der Waals surface area contributed by atoms with Gasteiger partial charge in [-0.3, -0.25) is 5.41 Å². The molecular formula is C19H22N2. The predicted molar refractivity (Wildman–Crippen MR) is 90.5 cm³/mol. The second-order valence-electron chi connectivity index (χ2n) is 5.84. The monoisotopic (exact) mass is 278 g/mol. The fraction of sp³-hybridized carbons (Fsp3) is 0.316.